The fourth-order valence-corrected chi connectivity index (χ4v) is 5.18. The lowest BCUT2D eigenvalue weighted by molar-refractivity contribution is 0.0867. The maximum Gasteiger partial charge on any atom is 0.251 e. The van der Waals surface area contributed by atoms with Gasteiger partial charge in [0.2, 0.25) is 10.0 Å². The largest absolute Gasteiger partial charge is 0.393 e. The van der Waals surface area contributed by atoms with Crippen LogP contribution in [0.2, 0.25) is 0 Å². The van der Waals surface area contributed by atoms with Crippen LogP contribution in [0.15, 0.2) is 23.1 Å². The molecule has 0 unspecified atom stereocenters. The summed E-state index contributed by atoms with van der Waals surface area (Å²) in [5.41, 5.74) is 0.133. The number of carbonyl (C=O) groups excluding carboxylic acids is 1. The van der Waals surface area contributed by atoms with Crippen LogP contribution in [-0.4, -0.2) is 49.0 Å². The second-order valence-corrected chi connectivity index (χ2v) is 9.00. The molecule has 144 valence electrons. The van der Waals surface area contributed by atoms with Gasteiger partial charge in [0.1, 0.15) is 10.7 Å². The predicted octanol–water partition coefficient (Wildman–Crippen LogP) is 2.03. The molecule has 3 rings (SSSR count). The van der Waals surface area contributed by atoms with Gasteiger partial charge < -0.3 is 10.4 Å². The van der Waals surface area contributed by atoms with Crippen molar-refractivity contribution in [1.82, 2.24) is 9.62 Å². The predicted molar refractivity (Wildman–Crippen MR) is 94.7 cm³/mol. The van der Waals surface area contributed by atoms with Gasteiger partial charge in [-0.2, -0.15) is 4.31 Å². The molecule has 1 saturated heterocycles. The molecule has 2 aliphatic rings. The molecule has 6 nitrogen and oxygen atoms in total. The van der Waals surface area contributed by atoms with Gasteiger partial charge in [-0.25, -0.2) is 12.8 Å². The molecule has 2 fully saturated rings. The molecule has 1 aliphatic heterocycles. The maximum absolute atomic E-state index is 14.2. The number of piperidine rings is 1. The van der Waals surface area contributed by atoms with Crippen LogP contribution in [0.3, 0.4) is 0 Å². The molecule has 1 aromatic carbocycles. The number of hydrogen-bond acceptors (Lipinski definition) is 4. The second kappa shape index (κ2) is 8.02. The number of carbonyl (C=O) groups is 1. The lowest BCUT2D eigenvalue weighted by atomic mass is 9.93. The van der Waals surface area contributed by atoms with E-state index in [9.17, 15) is 22.7 Å². The first-order valence-corrected chi connectivity index (χ1v) is 10.6. The molecule has 26 heavy (non-hydrogen) atoms. The molecule has 8 heteroatoms. The van der Waals surface area contributed by atoms with Crippen LogP contribution in [0.4, 0.5) is 4.39 Å². The lowest BCUT2D eigenvalue weighted by Gasteiger charge is -2.27. The van der Waals surface area contributed by atoms with Crippen LogP contribution in [0.25, 0.3) is 0 Å². The van der Waals surface area contributed by atoms with E-state index in [1.165, 1.54) is 10.4 Å². The first kappa shape index (κ1) is 19.3. The van der Waals surface area contributed by atoms with E-state index in [0.717, 1.165) is 31.4 Å². The van der Waals surface area contributed by atoms with Crippen molar-refractivity contribution in [3.05, 3.63) is 29.6 Å². The second-order valence-electron chi connectivity index (χ2n) is 7.09. The SMILES string of the molecule is O=C(NC1CCC(O)CC1)c1ccc(F)c(S(=O)(=O)N2CCCCC2)c1. The minimum Gasteiger partial charge on any atom is -0.393 e. The molecule has 1 amide bonds. The van der Waals surface area contributed by atoms with E-state index in [2.05, 4.69) is 5.32 Å². The Kier molecular flexibility index (Phi) is 5.94. The first-order chi connectivity index (χ1) is 12.4. The molecule has 1 aliphatic carbocycles. The summed E-state index contributed by atoms with van der Waals surface area (Å²) in [6, 6.07) is 3.42. The van der Waals surface area contributed by atoms with Gasteiger partial charge in [0.05, 0.1) is 6.10 Å². The molecule has 0 spiro atoms. The van der Waals surface area contributed by atoms with Crippen LogP contribution < -0.4 is 5.32 Å². The summed E-state index contributed by atoms with van der Waals surface area (Å²) < 4.78 is 41.0. The molecule has 0 aromatic heterocycles. The summed E-state index contributed by atoms with van der Waals surface area (Å²) in [4.78, 5) is 12.0. The van der Waals surface area contributed by atoms with E-state index in [0.29, 0.717) is 38.8 Å². The Hall–Kier alpha value is -1.51. The van der Waals surface area contributed by atoms with Gasteiger partial charge in [0, 0.05) is 24.7 Å². The Morgan fingerprint density at radius 3 is 2.42 bits per heavy atom. The topological polar surface area (TPSA) is 86.7 Å². The minimum atomic E-state index is -3.94. The van der Waals surface area contributed by atoms with Gasteiger partial charge in [-0.3, -0.25) is 4.79 Å². The standard InChI is InChI=1S/C18H25FN2O4S/c19-16-9-4-13(18(23)20-14-5-7-15(22)8-6-14)12-17(16)26(24,25)21-10-2-1-3-11-21/h4,9,12,14-15,22H,1-3,5-8,10-11H2,(H,20,23). The minimum absolute atomic E-state index is 0.0573. The van der Waals surface area contributed by atoms with Crippen molar-refractivity contribution in [2.75, 3.05) is 13.1 Å². The third-order valence-corrected chi connectivity index (χ3v) is 7.07. The number of nitrogens with zero attached hydrogens (tertiary/aromatic N) is 1. The van der Waals surface area contributed by atoms with Crippen LogP contribution in [0.1, 0.15) is 55.3 Å². The maximum atomic E-state index is 14.2. The highest BCUT2D eigenvalue weighted by molar-refractivity contribution is 7.89. The summed E-state index contributed by atoms with van der Waals surface area (Å²) in [6.07, 6.45) is 4.76. The van der Waals surface area contributed by atoms with Crippen LogP contribution >= 0.6 is 0 Å². The number of halogens is 1. The zero-order valence-electron chi connectivity index (χ0n) is 14.7. The quantitative estimate of drug-likeness (QED) is 0.832. The van der Waals surface area contributed by atoms with E-state index in [1.807, 2.05) is 0 Å². The van der Waals surface area contributed by atoms with Gasteiger partial charge in [0.25, 0.3) is 5.91 Å². The Morgan fingerprint density at radius 1 is 1.12 bits per heavy atom. The summed E-state index contributed by atoms with van der Waals surface area (Å²) in [5.74, 6) is -1.26. The number of hydrogen-bond donors (Lipinski definition) is 2. The number of nitrogens with one attached hydrogen (secondary N) is 1. The highest BCUT2D eigenvalue weighted by Gasteiger charge is 2.30. The average molecular weight is 384 g/mol. The van der Waals surface area contributed by atoms with Crippen LogP contribution in [0.5, 0.6) is 0 Å². The van der Waals surface area contributed by atoms with E-state index in [1.54, 1.807) is 0 Å². The zero-order chi connectivity index (χ0) is 18.7. The van der Waals surface area contributed by atoms with Crippen LogP contribution in [-0.2, 0) is 10.0 Å². The zero-order valence-corrected chi connectivity index (χ0v) is 15.5. The van der Waals surface area contributed by atoms with Gasteiger partial charge in [-0.1, -0.05) is 6.42 Å². The summed E-state index contributed by atoms with van der Waals surface area (Å²) in [5, 5.41) is 12.4. The van der Waals surface area contributed by atoms with Crippen molar-refractivity contribution in [2.24, 2.45) is 0 Å². The molecular weight excluding hydrogens is 359 g/mol. The highest BCUT2D eigenvalue weighted by Crippen LogP contribution is 2.24. The number of benzene rings is 1. The average Bonchev–Trinajstić information content (AvgIpc) is 2.64. The van der Waals surface area contributed by atoms with Gasteiger partial charge >= 0.3 is 0 Å². The van der Waals surface area contributed by atoms with Crippen molar-refractivity contribution in [3.63, 3.8) is 0 Å². The van der Waals surface area contributed by atoms with Crippen molar-refractivity contribution < 1.29 is 22.7 Å². The Labute approximate surface area is 153 Å². The Bertz CT molecular complexity index is 754. The van der Waals surface area contributed by atoms with Crippen molar-refractivity contribution in [1.29, 1.82) is 0 Å². The summed E-state index contributed by atoms with van der Waals surface area (Å²) in [6.45, 7) is 0.755. The molecule has 1 aromatic rings. The highest BCUT2D eigenvalue weighted by atomic mass is 32.2. The Balaban J connectivity index is 1.77. The molecule has 0 radical (unpaired) electrons. The third-order valence-electron chi connectivity index (χ3n) is 5.16. The van der Waals surface area contributed by atoms with Gasteiger partial charge in [-0.05, 0) is 56.7 Å². The molecule has 0 bridgehead atoms. The smallest absolute Gasteiger partial charge is 0.251 e. The van der Waals surface area contributed by atoms with Crippen molar-refractivity contribution in [3.8, 4) is 0 Å². The van der Waals surface area contributed by atoms with E-state index < -0.39 is 26.6 Å². The van der Waals surface area contributed by atoms with Crippen molar-refractivity contribution in [2.45, 2.75) is 62.0 Å². The number of rotatable bonds is 4. The monoisotopic (exact) mass is 384 g/mol. The molecular formula is C18H25FN2O4S. The van der Waals surface area contributed by atoms with E-state index in [4.69, 9.17) is 0 Å². The molecule has 2 N–H and O–H groups in total. The fourth-order valence-electron chi connectivity index (χ4n) is 3.58. The van der Waals surface area contributed by atoms with E-state index in [-0.39, 0.29) is 17.7 Å². The third kappa shape index (κ3) is 4.24. The Morgan fingerprint density at radius 2 is 1.77 bits per heavy atom. The lowest BCUT2D eigenvalue weighted by Crippen LogP contribution is -2.39. The number of aliphatic hydroxyl groups is 1. The van der Waals surface area contributed by atoms with Gasteiger partial charge in [-0.15, -0.1) is 0 Å². The number of sulfonamides is 1. The summed E-state index contributed by atoms with van der Waals surface area (Å²) in [7, 11) is -3.94. The summed E-state index contributed by atoms with van der Waals surface area (Å²) >= 11 is 0. The number of aliphatic hydroxyl groups excluding tert-OH is 1. The van der Waals surface area contributed by atoms with Gasteiger partial charge in [0.15, 0.2) is 0 Å². The molecule has 1 heterocycles. The first-order valence-electron chi connectivity index (χ1n) is 9.16. The van der Waals surface area contributed by atoms with E-state index >= 15 is 0 Å². The fraction of sp³-hybridized carbons (Fsp3) is 0.611. The molecule has 0 atom stereocenters. The van der Waals surface area contributed by atoms with Crippen molar-refractivity contribution >= 4 is 15.9 Å². The van der Waals surface area contributed by atoms with Crippen LogP contribution in [0, 0.1) is 5.82 Å². The number of amides is 1. The normalized spacial score (nSPS) is 25.0. The molecule has 1 saturated carbocycles.